The van der Waals surface area contributed by atoms with Gasteiger partial charge in [0, 0.05) is 7.26 Å². The summed E-state index contributed by atoms with van der Waals surface area (Å²) >= 11 is 0. The van der Waals surface area contributed by atoms with E-state index in [1.165, 1.54) is 0 Å². The predicted octanol–water partition coefficient (Wildman–Crippen LogP) is -0.605. The number of hydrogen-bond donors (Lipinski definition) is 4. The second kappa shape index (κ2) is 10.1. The zero-order valence-electron chi connectivity index (χ0n) is 8.30. The minimum absolute atomic E-state index is 0. The topological polar surface area (TPSA) is 80.9 Å². The lowest BCUT2D eigenvalue weighted by molar-refractivity contribution is 0.302. The van der Waals surface area contributed by atoms with Gasteiger partial charge in [-0.25, -0.2) is 0 Å². The van der Waals surface area contributed by atoms with E-state index in [0.29, 0.717) is 24.6 Å². The van der Waals surface area contributed by atoms with Crippen molar-refractivity contribution in [3.8, 4) is 0 Å². The van der Waals surface area contributed by atoms with Crippen LogP contribution in [-0.2, 0) is 0 Å². The van der Waals surface area contributed by atoms with Gasteiger partial charge in [-0.2, -0.15) is 0 Å². The van der Waals surface area contributed by atoms with Gasteiger partial charge in [0.05, 0.1) is 51.1 Å². The third-order valence-electron chi connectivity index (χ3n) is 2.30. The Morgan fingerprint density at radius 2 is 0.786 bits per heavy atom. The smallest absolute Gasteiger partial charge is 0.0827 e. The molecule has 0 saturated heterocycles. The summed E-state index contributed by atoms with van der Waals surface area (Å²) in [6, 6.07) is 0. The molecule has 0 radical (unpaired) electrons. The van der Waals surface area contributed by atoms with Crippen LogP contribution in [0.2, 0.25) is 0 Å². The SMILES string of the molecule is Cl.OCC[P+](CCO)(CCO)CCO. The van der Waals surface area contributed by atoms with Gasteiger partial charge >= 0.3 is 0 Å². The third-order valence-corrected chi connectivity index (χ3v) is 6.89. The third kappa shape index (κ3) is 6.12. The van der Waals surface area contributed by atoms with E-state index >= 15 is 0 Å². The molecule has 0 bridgehead atoms. The highest BCUT2D eigenvalue weighted by molar-refractivity contribution is 7.76. The Bertz CT molecular complexity index is 96.4. The van der Waals surface area contributed by atoms with E-state index in [2.05, 4.69) is 0 Å². The molecule has 4 N–H and O–H groups in total. The molecular weight excluding hydrogens is 227 g/mol. The van der Waals surface area contributed by atoms with Gasteiger partial charge in [0.1, 0.15) is 0 Å². The van der Waals surface area contributed by atoms with Crippen molar-refractivity contribution in [2.75, 3.05) is 51.1 Å². The molecule has 0 atom stereocenters. The van der Waals surface area contributed by atoms with Gasteiger partial charge in [-0.05, 0) is 0 Å². The van der Waals surface area contributed by atoms with Crippen LogP contribution < -0.4 is 0 Å². The van der Waals surface area contributed by atoms with E-state index < -0.39 is 7.26 Å². The lowest BCUT2D eigenvalue weighted by atomic mass is 10.8. The summed E-state index contributed by atoms with van der Waals surface area (Å²) in [5, 5.41) is 35.5. The molecule has 0 heterocycles. The molecular formula is C8H21ClO4P+. The summed E-state index contributed by atoms with van der Waals surface area (Å²) in [5.41, 5.74) is 0. The fourth-order valence-electron chi connectivity index (χ4n) is 1.52. The van der Waals surface area contributed by atoms with Crippen molar-refractivity contribution in [3.63, 3.8) is 0 Å². The second-order valence-corrected chi connectivity index (χ2v) is 7.60. The van der Waals surface area contributed by atoms with Crippen molar-refractivity contribution in [2.45, 2.75) is 0 Å². The summed E-state index contributed by atoms with van der Waals surface area (Å²) in [5.74, 6) is 0. The van der Waals surface area contributed by atoms with E-state index in [0.717, 1.165) is 0 Å². The molecule has 0 amide bonds. The minimum atomic E-state index is -1.50. The fourth-order valence-corrected chi connectivity index (χ4v) is 4.56. The highest BCUT2D eigenvalue weighted by Gasteiger charge is 2.34. The quantitative estimate of drug-likeness (QED) is 0.432. The Labute approximate surface area is 91.7 Å². The molecule has 0 fully saturated rings. The lowest BCUT2D eigenvalue weighted by Crippen LogP contribution is -2.19. The number of aliphatic hydroxyl groups excluding tert-OH is 4. The van der Waals surface area contributed by atoms with Gasteiger partial charge in [-0.1, -0.05) is 0 Å². The van der Waals surface area contributed by atoms with Gasteiger partial charge in [0.15, 0.2) is 0 Å². The van der Waals surface area contributed by atoms with E-state index in [-0.39, 0.29) is 38.8 Å². The zero-order valence-corrected chi connectivity index (χ0v) is 10.0. The van der Waals surface area contributed by atoms with E-state index in [1.807, 2.05) is 0 Å². The van der Waals surface area contributed by atoms with Crippen LogP contribution in [-0.4, -0.2) is 71.5 Å². The Balaban J connectivity index is 0. The van der Waals surface area contributed by atoms with E-state index in [9.17, 15) is 0 Å². The van der Waals surface area contributed by atoms with Gasteiger partial charge < -0.3 is 20.4 Å². The zero-order chi connectivity index (χ0) is 10.2. The average molecular weight is 248 g/mol. The first-order valence-corrected chi connectivity index (χ1v) is 7.06. The largest absolute Gasteiger partial charge is 0.393 e. The minimum Gasteiger partial charge on any atom is -0.393 e. The van der Waals surface area contributed by atoms with Gasteiger partial charge in [-0.3, -0.25) is 0 Å². The highest BCUT2D eigenvalue weighted by atomic mass is 35.5. The monoisotopic (exact) mass is 247 g/mol. The first kappa shape index (κ1) is 17.0. The number of rotatable bonds is 8. The number of halogens is 1. The Morgan fingerprint density at radius 3 is 0.929 bits per heavy atom. The molecule has 0 spiro atoms. The molecule has 4 nitrogen and oxygen atoms in total. The standard InChI is InChI=1S/C8H20O4P.ClH/c9-1-5-13(6-2-10,7-3-11)8-4-12;/h9-12H,1-8H2;1H/q+1;. The summed E-state index contributed by atoms with van der Waals surface area (Å²) in [4.78, 5) is 0. The summed E-state index contributed by atoms with van der Waals surface area (Å²) in [6.07, 6.45) is 2.53. The molecule has 0 saturated carbocycles. The van der Waals surface area contributed by atoms with Crippen LogP contribution in [0.25, 0.3) is 0 Å². The normalized spacial score (nSPS) is 11.1. The molecule has 0 aliphatic carbocycles. The maximum absolute atomic E-state index is 8.86. The molecule has 14 heavy (non-hydrogen) atoms. The predicted molar refractivity (Wildman–Crippen MR) is 62.0 cm³/mol. The van der Waals surface area contributed by atoms with Crippen LogP contribution in [0.4, 0.5) is 0 Å². The molecule has 0 aliphatic heterocycles. The van der Waals surface area contributed by atoms with Crippen molar-refractivity contribution >= 4 is 19.7 Å². The van der Waals surface area contributed by atoms with Gasteiger partial charge in [0.25, 0.3) is 0 Å². The Hall–Kier alpha value is 0.560. The van der Waals surface area contributed by atoms with Crippen molar-refractivity contribution in [1.29, 1.82) is 0 Å². The number of hydrogen-bond acceptors (Lipinski definition) is 4. The Morgan fingerprint density at radius 1 is 0.571 bits per heavy atom. The van der Waals surface area contributed by atoms with E-state index in [4.69, 9.17) is 20.4 Å². The summed E-state index contributed by atoms with van der Waals surface area (Å²) in [6.45, 7) is 0.309. The average Bonchev–Trinajstić information content (AvgIpc) is 2.06. The molecule has 0 rings (SSSR count). The highest BCUT2D eigenvalue weighted by Crippen LogP contribution is 2.57. The van der Waals surface area contributed by atoms with Gasteiger partial charge in [0.2, 0.25) is 0 Å². The molecule has 0 aromatic rings. The first-order chi connectivity index (χ1) is 6.24. The second-order valence-electron chi connectivity index (χ2n) is 3.13. The molecule has 88 valence electrons. The maximum atomic E-state index is 8.86. The molecule has 0 aliphatic rings. The van der Waals surface area contributed by atoms with Crippen LogP contribution >= 0.6 is 19.7 Å². The van der Waals surface area contributed by atoms with Crippen LogP contribution in [0.15, 0.2) is 0 Å². The Kier molecular flexibility index (Phi) is 12.2. The van der Waals surface area contributed by atoms with E-state index in [1.54, 1.807) is 0 Å². The lowest BCUT2D eigenvalue weighted by Gasteiger charge is -2.24. The fraction of sp³-hybridized carbons (Fsp3) is 1.00. The summed E-state index contributed by atoms with van der Waals surface area (Å²) in [7, 11) is -1.50. The molecule has 0 aromatic heterocycles. The van der Waals surface area contributed by atoms with Crippen LogP contribution in [0.3, 0.4) is 0 Å². The van der Waals surface area contributed by atoms with Crippen molar-refractivity contribution in [2.24, 2.45) is 0 Å². The van der Waals surface area contributed by atoms with Crippen LogP contribution in [0, 0.1) is 0 Å². The van der Waals surface area contributed by atoms with Crippen molar-refractivity contribution in [1.82, 2.24) is 0 Å². The van der Waals surface area contributed by atoms with Crippen LogP contribution in [0.5, 0.6) is 0 Å². The first-order valence-electron chi connectivity index (χ1n) is 4.53. The van der Waals surface area contributed by atoms with Crippen molar-refractivity contribution < 1.29 is 20.4 Å². The number of aliphatic hydroxyl groups is 4. The molecule has 6 heteroatoms. The summed E-state index contributed by atoms with van der Waals surface area (Å²) < 4.78 is 0. The van der Waals surface area contributed by atoms with Crippen LogP contribution in [0.1, 0.15) is 0 Å². The molecule has 0 aromatic carbocycles. The van der Waals surface area contributed by atoms with Gasteiger partial charge in [-0.15, -0.1) is 12.4 Å². The maximum Gasteiger partial charge on any atom is 0.0827 e. The molecule has 0 unspecified atom stereocenters. The van der Waals surface area contributed by atoms with Crippen molar-refractivity contribution in [3.05, 3.63) is 0 Å².